The lowest BCUT2D eigenvalue weighted by atomic mass is 9.55. The zero-order valence-corrected chi connectivity index (χ0v) is 39.2. The van der Waals surface area contributed by atoms with E-state index < -0.39 is 0 Å². The Morgan fingerprint density at radius 1 is 0.182 bits per heavy atom. The van der Waals surface area contributed by atoms with Crippen LogP contribution in [0.2, 0.25) is 0 Å². The summed E-state index contributed by atoms with van der Waals surface area (Å²) in [6.07, 6.45) is 1.02. The second-order valence-electron chi connectivity index (χ2n) is 28.6. The molecule has 0 heteroatoms. The molecule has 0 saturated carbocycles. The van der Waals surface area contributed by atoms with Gasteiger partial charge in [-0.25, -0.2) is 0 Å². The number of benzene rings is 23. The topological polar surface area (TPSA) is 0 Å². The fourth-order valence-electron chi connectivity index (χ4n) is 28.3. The van der Waals surface area contributed by atoms with Crippen LogP contribution in [-0.4, -0.2) is 0 Å². The van der Waals surface area contributed by atoms with Crippen molar-refractivity contribution in [3.8, 4) is 0 Å². The largest absolute Gasteiger partial charge is 0.0622 e. The van der Waals surface area contributed by atoms with E-state index in [1.165, 1.54) is 5.56 Å². The molecule has 0 radical (unpaired) electrons. The second-order valence-corrected chi connectivity index (χ2v) is 28.6. The Balaban J connectivity index is 1.15. The van der Waals surface area contributed by atoms with Crippen molar-refractivity contribution in [2.75, 3.05) is 0 Å². The normalized spacial score (nSPS) is 20.7. The average Bonchev–Trinajstić information content (AvgIpc) is 2.52. The second kappa shape index (κ2) is 6.29. The lowest BCUT2D eigenvalue weighted by Gasteiger charge is -2.46. The highest BCUT2D eigenvalue weighted by molar-refractivity contribution is 6.83. The van der Waals surface area contributed by atoms with Crippen LogP contribution in [0.3, 0.4) is 0 Å². The molecule has 0 fully saturated rings. The van der Waals surface area contributed by atoms with Crippen molar-refractivity contribution in [1.29, 1.82) is 0 Å². The van der Waals surface area contributed by atoms with Crippen molar-refractivity contribution < 1.29 is 0 Å². The molecule has 316 valence electrons. The maximum atomic E-state index is 2.53. The number of hydrogen-bond donors (Lipinski definition) is 0. The lowest BCUT2D eigenvalue weighted by molar-refractivity contribution is 0.609. The summed E-state index contributed by atoms with van der Waals surface area (Å²) in [7, 11) is 0. The van der Waals surface area contributed by atoms with Gasteiger partial charge >= 0.3 is 0 Å². The van der Waals surface area contributed by atoms with Gasteiger partial charge in [-0.2, -0.15) is 0 Å². The lowest BCUT2D eigenvalue weighted by Crippen LogP contribution is -2.38. The molecule has 33 aromatic rings. The Morgan fingerprint density at radius 2 is 0.364 bits per heavy atom. The van der Waals surface area contributed by atoms with E-state index in [2.05, 4.69) is 30.3 Å². The minimum Gasteiger partial charge on any atom is -0.0622 e. The highest BCUT2D eigenvalue weighted by Crippen LogP contribution is 2.84. The van der Waals surface area contributed by atoms with E-state index in [9.17, 15) is 0 Å². The third kappa shape index (κ3) is 1.49. The maximum Gasteiger partial charge on any atom is 0.0523 e. The molecule has 0 spiro atoms. The van der Waals surface area contributed by atoms with Gasteiger partial charge in [0.05, 0.1) is 5.41 Å². The van der Waals surface area contributed by atoms with Gasteiger partial charge in [0.2, 0.25) is 0 Å². The summed E-state index contributed by atoms with van der Waals surface area (Å²) < 4.78 is 0. The van der Waals surface area contributed by atoms with E-state index in [0.717, 1.165) is 6.42 Å². The van der Waals surface area contributed by atoms with E-state index in [4.69, 9.17) is 0 Å². The molecule has 5 aliphatic rings. The summed E-state index contributed by atoms with van der Waals surface area (Å²) in [5.74, 6) is 0.238. The standard InChI is InChI=1S/C77H8/c1-2-4-7(5-3-1)6-77-74-68-60-50-41-27-18-11-9-8-10-12-13(11)26(27)33-31-21(12)25-20-15(10)19-23-16(8)17-14(9)22-24(18)36-39-32(22)34-30(17)38-35(23)45-42-28(19)29(20)43-46-37(25)40(31)54-56(47(33)50)66(68)71-63(54)59(46)65-52(43)51(42)64-58(45)61-49(38)48(34)55-53(39)62(57(60)44(36)41)69(74)67(55)70(61)75(77)72(64)73(65)76(71)77/h1-5,67H,6H2/t67-,77+/m0/s1. The number of rotatable bonds is 2. The first kappa shape index (κ1) is 27.8. The first-order chi connectivity index (χ1) is 38.4. The van der Waals surface area contributed by atoms with Gasteiger partial charge in [-0.05, 0) is 379 Å². The Labute approximate surface area is 418 Å². The van der Waals surface area contributed by atoms with Gasteiger partial charge in [0.15, 0.2) is 0 Å². The van der Waals surface area contributed by atoms with Crippen LogP contribution in [0.5, 0.6) is 0 Å². The molecule has 38 rings (SSSR count). The Hall–Kier alpha value is -9.62. The van der Waals surface area contributed by atoms with E-state index in [1.54, 1.807) is 367 Å². The van der Waals surface area contributed by atoms with Crippen molar-refractivity contribution in [2.45, 2.75) is 17.8 Å². The zero-order valence-electron chi connectivity index (χ0n) is 39.2. The number of hydrogen-bond acceptors (Lipinski definition) is 0. The van der Waals surface area contributed by atoms with Gasteiger partial charge in [0, 0.05) is 5.92 Å². The van der Waals surface area contributed by atoms with Crippen LogP contribution < -0.4 is 0 Å². The third-order valence-corrected chi connectivity index (χ3v) is 28.3. The molecule has 0 N–H and O–H groups in total. The van der Waals surface area contributed by atoms with Crippen LogP contribution in [0, 0.1) is 0 Å². The molecule has 0 saturated heterocycles. The van der Waals surface area contributed by atoms with Crippen LogP contribution in [0.1, 0.15) is 44.9 Å². The Morgan fingerprint density at radius 3 is 0.675 bits per heavy atom. The fraction of sp³-hybridized carbons (Fsp3) is 0.0390. The summed E-state index contributed by atoms with van der Waals surface area (Å²) in [6, 6.07) is 12.1. The van der Waals surface area contributed by atoms with Crippen LogP contribution in [0.15, 0.2) is 30.3 Å². The Kier molecular flexibility index (Phi) is 2.27. The van der Waals surface area contributed by atoms with Crippen molar-refractivity contribution in [3.63, 3.8) is 0 Å². The van der Waals surface area contributed by atoms with Gasteiger partial charge < -0.3 is 0 Å². The van der Waals surface area contributed by atoms with Crippen LogP contribution in [0.4, 0.5) is 0 Å². The van der Waals surface area contributed by atoms with Crippen molar-refractivity contribution in [3.05, 3.63) is 69.3 Å². The first-order valence-electron chi connectivity index (χ1n) is 29.0. The molecule has 0 unspecified atom stereocenters. The van der Waals surface area contributed by atoms with E-state index in [0.29, 0.717) is 0 Å². The summed E-state index contributed by atoms with van der Waals surface area (Å²) in [4.78, 5) is 0. The minimum atomic E-state index is -0.324. The molecular weight excluding hydrogens is 925 g/mol. The minimum absolute atomic E-state index is 0.238. The van der Waals surface area contributed by atoms with Gasteiger partial charge in [-0.1, -0.05) is 30.3 Å². The smallest absolute Gasteiger partial charge is 0.0523 e. The quantitative estimate of drug-likeness (QED) is 0.120. The zero-order chi connectivity index (χ0) is 45.2. The fourth-order valence-corrected chi connectivity index (χ4v) is 28.3. The van der Waals surface area contributed by atoms with Gasteiger partial charge in [-0.15, -0.1) is 0 Å². The molecule has 33 aromatic carbocycles. The summed E-state index contributed by atoms with van der Waals surface area (Å²) in [6.45, 7) is 0. The summed E-state index contributed by atoms with van der Waals surface area (Å²) in [5.41, 5.74) is 11.8. The maximum absolute atomic E-state index is 2.53. The van der Waals surface area contributed by atoms with Gasteiger partial charge in [-0.3, -0.25) is 0 Å². The van der Waals surface area contributed by atoms with Crippen LogP contribution in [0.25, 0.3) is 334 Å². The molecular formula is C77H8. The molecule has 0 nitrogen and oxygen atoms in total. The van der Waals surface area contributed by atoms with Crippen LogP contribution >= 0.6 is 0 Å². The van der Waals surface area contributed by atoms with Crippen molar-refractivity contribution >= 4 is 334 Å². The van der Waals surface area contributed by atoms with E-state index in [-0.39, 0.29) is 11.3 Å². The summed E-state index contributed by atoms with van der Waals surface area (Å²) >= 11 is 0. The van der Waals surface area contributed by atoms with Gasteiger partial charge in [0.1, 0.15) is 0 Å². The SMILES string of the molecule is c1ccc(C[C@]23c4c5c6c7c8c9c%10c%11c(c2c2c%12c%13c3c3c4c4c6c6c%14c7c7c8c8c%10c%10c%15c%11c2c2c%11c%12c%12c%13c%13c3c3c4c6c4c6c3c%13c3c%12c%12c%11c%11c(c%152)c2c%10c8c8c7c7c%14c4c4c6c3c%12c3c%11c2c8c7c43)[C@@H]59)cc1. The highest BCUT2D eigenvalue weighted by Gasteiger charge is 2.62. The third-order valence-electron chi connectivity index (χ3n) is 28.3. The summed E-state index contributed by atoms with van der Waals surface area (Å²) in [5, 5.41) is 104. The Bertz CT molecular complexity index is 8750. The monoisotopic (exact) mass is 932 g/mol. The molecule has 0 amide bonds. The molecule has 0 aliphatic heterocycles. The van der Waals surface area contributed by atoms with E-state index >= 15 is 0 Å². The van der Waals surface area contributed by atoms with E-state index in [1.807, 2.05) is 0 Å². The van der Waals surface area contributed by atoms with Gasteiger partial charge in [0.25, 0.3) is 0 Å². The van der Waals surface area contributed by atoms with Crippen molar-refractivity contribution in [2.24, 2.45) is 0 Å². The molecule has 2 atom stereocenters. The van der Waals surface area contributed by atoms with Crippen LogP contribution in [-0.2, 0) is 11.8 Å². The predicted octanol–water partition coefficient (Wildman–Crippen LogP) is 21.0. The molecule has 0 aromatic heterocycles. The molecule has 0 bridgehead atoms. The molecule has 0 heterocycles. The molecule has 5 aliphatic carbocycles. The molecule has 77 heavy (non-hydrogen) atoms. The average molecular weight is 933 g/mol. The predicted molar refractivity (Wildman–Crippen MR) is 327 cm³/mol. The van der Waals surface area contributed by atoms with Crippen molar-refractivity contribution in [1.82, 2.24) is 0 Å². The first-order valence-corrected chi connectivity index (χ1v) is 29.0. The highest BCUT2D eigenvalue weighted by atomic mass is 14.6.